The summed E-state index contributed by atoms with van der Waals surface area (Å²) in [6.45, 7) is 3.59. The SMILES string of the molecule is CC(=O)N(Cc1cc(C)ccc1OCCCF)c1cccnc1Oc1ccc(I)cc1. The maximum absolute atomic E-state index is 12.6. The first kappa shape index (κ1) is 23.0. The largest absolute Gasteiger partial charge is 0.493 e. The predicted octanol–water partition coefficient (Wildman–Crippen LogP) is 6.08. The van der Waals surface area contributed by atoms with Gasteiger partial charge in [-0.25, -0.2) is 4.98 Å². The Hall–Kier alpha value is -2.68. The molecule has 0 saturated carbocycles. The first-order chi connectivity index (χ1) is 15.0. The Morgan fingerprint density at radius 3 is 2.65 bits per heavy atom. The van der Waals surface area contributed by atoms with Crippen molar-refractivity contribution in [3.8, 4) is 17.4 Å². The average Bonchev–Trinajstić information content (AvgIpc) is 2.75. The molecule has 7 heteroatoms. The minimum atomic E-state index is -0.435. The molecule has 1 aromatic heterocycles. The number of hydrogen-bond donors (Lipinski definition) is 0. The molecule has 0 bridgehead atoms. The van der Waals surface area contributed by atoms with E-state index in [2.05, 4.69) is 27.6 Å². The molecule has 1 heterocycles. The van der Waals surface area contributed by atoms with Gasteiger partial charge in [0.15, 0.2) is 0 Å². The number of carbonyl (C=O) groups is 1. The zero-order valence-corrected chi connectivity index (χ0v) is 19.6. The van der Waals surface area contributed by atoms with Crippen molar-refractivity contribution in [2.24, 2.45) is 0 Å². The van der Waals surface area contributed by atoms with Gasteiger partial charge in [-0.1, -0.05) is 17.7 Å². The maximum atomic E-state index is 12.6. The van der Waals surface area contributed by atoms with E-state index in [4.69, 9.17) is 9.47 Å². The molecular weight excluding hydrogens is 510 g/mol. The molecule has 2 aromatic carbocycles. The Morgan fingerprint density at radius 1 is 1.16 bits per heavy atom. The van der Waals surface area contributed by atoms with E-state index in [1.165, 1.54) is 6.92 Å². The van der Waals surface area contributed by atoms with Crippen molar-refractivity contribution in [2.45, 2.75) is 26.8 Å². The van der Waals surface area contributed by atoms with Gasteiger partial charge in [0.1, 0.15) is 17.2 Å². The first-order valence-electron chi connectivity index (χ1n) is 9.92. The third-order valence-electron chi connectivity index (χ3n) is 4.53. The smallest absolute Gasteiger partial charge is 0.243 e. The van der Waals surface area contributed by atoms with Gasteiger partial charge in [0, 0.05) is 28.7 Å². The number of hydrogen-bond acceptors (Lipinski definition) is 4. The minimum Gasteiger partial charge on any atom is -0.493 e. The van der Waals surface area contributed by atoms with Gasteiger partial charge in [-0.05, 0) is 72.0 Å². The number of nitrogens with zero attached hydrogens (tertiary/aromatic N) is 2. The van der Waals surface area contributed by atoms with Crippen LogP contribution >= 0.6 is 22.6 Å². The predicted molar refractivity (Wildman–Crippen MR) is 128 cm³/mol. The third kappa shape index (κ3) is 6.40. The van der Waals surface area contributed by atoms with E-state index in [0.29, 0.717) is 29.5 Å². The second-order valence-electron chi connectivity index (χ2n) is 6.99. The Bertz CT molecular complexity index is 1030. The molecule has 0 aliphatic rings. The molecule has 0 radical (unpaired) electrons. The number of ether oxygens (including phenoxy) is 2. The van der Waals surface area contributed by atoms with Crippen molar-refractivity contribution in [2.75, 3.05) is 18.2 Å². The summed E-state index contributed by atoms with van der Waals surface area (Å²) >= 11 is 2.23. The Balaban J connectivity index is 1.91. The van der Waals surface area contributed by atoms with Crippen LogP contribution in [0.4, 0.5) is 10.1 Å². The third-order valence-corrected chi connectivity index (χ3v) is 5.25. The summed E-state index contributed by atoms with van der Waals surface area (Å²) in [5.74, 6) is 1.45. The highest BCUT2D eigenvalue weighted by Crippen LogP contribution is 2.33. The molecule has 0 fully saturated rings. The molecule has 3 aromatic rings. The highest BCUT2D eigenvalue weighted by Gasteiger charge is 2.20. The van der Waals surface area contributed by atoms with Crippen LogP contribution in [0.3, 0.4) is 0 Å². The summed E-state index contributed by atoms with van der Waals surface area (Å²) < 4.78 is 25.3. The maximum Gasteiger partial charge on any atom is 0.243 e. The van der Waals surface area contributed by atoms with E-state index < -0.39 is 6.67 Å². The van der Waals surface area contributed by atoms with Crippen LogP contribution < -0.4 is 14.4 Å². The van der Waals surface area contributed by atoms with E-state index in [9.17, 15) is 9.18 Å². The summed E-state index contributed by atoms with van der Waals surface area (Å²) in [4.78, 5) is 18.6. The second-order valence-corrected chi connectivity index (χ2v) is 8.24. The lowest BCUT2D eigenvalue weighted by Crippen LogP contribution is -2.28. The summed E-state index contributed by atoms with van der Waals surface area (Å²) in [6.07, 6.45) is 1.95. The number of rotatable bonds is 9. The minimum absolute atomic E-state index is 0.156. The standard InChI is InChI=1S/C24H24FIN2O3/c1-17-6-11-23(30-14-4-12-25)19(15-17)16-28(18(2)29)22-5-3-13-27-24(22)31-21-9-7-20(26)8-10-21/h3,5-11,13,15H,4,12,14,16H2,1-2H3. The van der Waals surface area contributed by atoms with E-state index in [0.717, 1.165) is 14.7 Å². The summed E-state index contributed by atoms with van der Waals surface area (Å²) in [5, 5.41) is 0. The molecule has 0 aliphatic carbocycles. The van der Waals surface area contributed by atoms with Crippen LogP contribution in [0, 0.1) is 10.5 Å². The van der Waals surface area contributed by atoms with Gasteiger partial charge in [-0.3, -0.25) is 9.18 Å². The Morgan fingerprint density at radius 2 is 1.94 bits per heavy atom. The zero-order valence-electron chi connectivity index (χ0n) is 17.5. The van der Waals surface area contributed by atoms with Gasteiger partial charge in [0.05, 0.1) is 19.8 Å². The van der Waals surface area contributed by atoms with E-state index in [-0.39, 0.29) is 19.1 Å². The fourth-order valence-corrected chi connectivity index (χ4v) is 3.39. The molecule has 0 saturated heterocycles. The van der Waals surface area contributed by atoms with Crippen molar-refractivity contribution in [1.29, 1.82) is 0 Å². The molecule has 1 amide bonds. The number of halogens is 2. The number of aromatic nitrogens is 1. The van der Waals surface area contributed by atoms with Gasteiger partial charge in [-0.2, -0.15) is 0 Å². The van der Waals surface area contributed by atoms with E-state index in [1.54, 1.807) is 23.2 Å². The zero-order chi connectivity index (χ0) is 22.2. The highest BCUT2D eigenvalue weighted by molar-refractivity contribution is 14.1. The molecule has 0 N–H and O–H groups in total. The topological polar surface area (TPSA) is 51.7 Å². The number of amides is 1. The van der Waals surface area contributed by atoms with Crippen LogP contribution in [-0.4, -0.2) is 24.2 Å². The second kappa shape index (κ2) is 11.1. The molecule has 0 aliphatic heterocycles. The van der Waals surface area contributed by atoms with E-state index >= 15 is 0 Å². The Labute approximate surface area is 195 Å². The fraction of sp³-hybridized carbons (Fsp3) is 0.250. The molecule has 31 heavy (non-hydrogen) atoms. The summed E-state index contributed by atoms with van der Waals surface area (Å²) in [5.41, 5.74) is 2.43. The highest BCUT2D eigenvalue weighted by atomic mass is 127. The van der Waals surface area contributed by atoms with Crippen LogP contribution in [0.5, 0.6) is 17.4 Å². The molecule has 0 spiro atoms. The Kier molecular flexibility index (Phi) is 8.22. The van der Waals surface area contributed by atoms with Crippen LogP contribution in [0.25, 0.3) is 0 Å². The lowest BCUT2D eigenvalue weighted by Gasteiger charge is -2.24. The molecule has 3 rings (SSSR count). The molecular formula is C24H24FIN2O3. The fourth-order valence-electron chi connectivity index (χ4n) is 3.03. The van der Waals surface area contributed by atoms with Crippen molar-refractivity contribution >= 4 is 34.2 Å². The van der Waals surface area contributed by atoms with Gasteiger partial charge in [0.2, 0.25) is 11.8 Å². The molecule has 5 nitrogen and oxygen atoms in total. The van der Waals surface area contributed by atoms with Gasteiger partial charge >= 0.3 is 0 Å². The lowest BCUT2D eigenvalue weighted by molar-refractivity contribution is -0.116. The van der Waals surface area contributed by atoms with Gasteiger partial charge in [0.25, 0.3) is 0 Å². The summed E-state index contributed by atoms with van der Waals surface area (Å²) in [7, 11) is 0. The monoisotopic (exact) mass is 534 g/mol. The van der Waals surface area contributed by atoms with Crippen LogP contribution in [-0.2, 0) is 11.3 Å². The number of carbonyl (C=O) groups excluding carboxylic acids is 1. The number of aryl methyl sites for hydroxylation is 1. The lowest BCUT2D eigenvalue weighted by atomic mass is 10.1. The quantitative estimate of drug-likeness (QED) is 0.247. The summed E-state index contributed by atoms with van der Waals surface area (Å²) in [6, 6.07) is 16.9. The first-order valence-corrected chi connectivity index (χ1v) is 11.0. The number of pyridine rings is 1. The van der Waals surface area contributed by atoms with Crippen LogP contribution in [0.15, 0.2) is 60.8 Å². The van der Waals surface area contributed by atoms with Crippen LogP contribution in [0.1, 0.15) is 24.5 Å². The number of alkyl halides is 1. The van der Waals surface area contributed by atoms with Gasteiger partial charge in [-0.15, -0.1) is 0 Å². The normalized spacial score (nSPS) is 10.6. The number of benzene rings is 2. The van der Waals surface area contributed by atoms with Crippen molar-refractivity contribution < 1.29 is 18.7 Å². The molecule has 0 atom stereocenters. The van der Waals surface area contributed by atoms with Crippen molar-refractivity contribution in [1.82, 2.24) is 4.98 Å². The molecule has 162 valence electrons. The van der Waals surface area contributed by atoms with E-state index in [1.807, 2.05) is 49.4 Å². The average molecular weight is 534 g/mol. The van der Waals surface area contributed by atoms with Gasteiger partial charge < -0.3 is 14.4 Å². The molecule has 0 unspecified atom stereocenters. The number of anilines is 1. The van der Waals surface area contributed by atoms with Crippen molar-refractivity contribution in [3.63, 3.8) is 0 Å². The van der Waals surface area contributed by atoms with Crippen LogP contribution in [0.2, 0.25) is 0 Å². The van der Waals surface area contributed by atoms with Crippen molar-refractivity contribution in [3.05, 3.63) is 75.5 Å².